The topological polar surface area (TPSA) is 133 Å². The van der Waals surface area contributed by atoms with Crippen molar-refractivity contribution >= 4 is 23.1 Å². The molecule has 334 valence electrons. The highest BCUT2D eigenvalue weighted by Gasteiger charge is 2.56. The first-order valence-electron chi connectivity index (χ1n) is 22.4. The third-order valence-corrected chi connectivity index (χ3v) is 15.7. The lowest BCUT2D eigenvalue weighted by Crippen LogP contribution is -2.46. The molecule has 1 saturated carbocycles. The maximum absolute atomic E-state index is 15.1. The summed E-state index contributed by atoms with van der Waals surface area (Å²) in [7, 11) is 6.94. The Morgan fingerprint density at radius 1 is 1.00 bits per heavy atom. The van der Waals surface area contributed by atoms with Gasteiger partial charge in [0.05, 0.1) is 54.2 Å². The quantitative estimate of drug-likeness (QED) is 0.146. The fourth-order valence-electron chi connectivity index (χ4n) is 10.3. The number of rotatable bonds is 14. The predicted molar refractivity (Wildman–Crippen MR) is 227 cm³/mol. The molecule has 5 aliphatic rings. The number of carbonyl (C=O) groups is 2. The van der Waals surface area contributed by atoms with Gasteiger partial charge in [0.15, 0.2) is 18.4 Å². The minimum Gasteiger partial charge on any atom is -0.462 e. The van der Waals surface area contributed by atoms with E-state index in [0.717, 1.165) is 61.2 Å². The molecule has 13 heteroatoms. The summed E-state index contributed by atoms with van der Waals surface area (Å²) in [5.74, 6) is -0.746. The van der Waals surface area contributed by atoms with Gasteiger partial charge in [0.25, 0.3) is 0 Å². The van der Waals surface area contributed by atoms with Gasteiger partial charge in [-0.2, -0.15) is 0 Å². The Morgan fingerprint density at radius 2 is 1.76 bits per heavy atom. The van der Waals surface area contributed by atoms with Gasteiger partial charge in [0.2, 0.25) is 0 Å². The first kappa shape index (κ1) is 46.7. The summed E-state index contributed by atoms with van der Waals surface area (Å²) in [5.41, 5.74) is 1.59. The van der Waals surface area contributed by atoms with E-state index in [1.807, 2.05) is 27.8 Å². The number of allylic oxidation sites excluding steroid dienone is 2. The van der Waals surface area contributed by atoms with Crippen LogP contribution in [0.4, 0.5) is 0 Å². The number of thiazole rings is 1. The number of nitrogens with zero attached hydrogens (tertiary/aromatic N) is 1. The highest BCUT2D eigenvalue weighted by atomic mass is 32.1. The standard InChI is InChI=1S/C46H74N2O10S/c1-13-28-15-14-16-36(58-39-18-17-35(47-9)27(5)54-39)24(2)42(50)33-21-31-30-19-29(57-44(37(53-12)23-51-10)55-26(4)25(3)52-11)20-34(30)43-41(48-45(59-43)46(6,7)8)40(31)32(33)22-38(49)56-28/h21,24-32,34-37,39-40,44,47H,13-20,22-23H2,1-12H3/t24-,25-,26?,27?,28+,29+,30+,31+,32-,34-,35+,36+,37+,39+,40-,44?/m1/s1. The smallest absolute Gasteiger partial charge is 0.306 e. The van der Waals surface area contributed by atoms with Gasteiger partial charge in [-0.3, -0.25) is 9.59 Å². The number of nitrogens with one attached hydrogen (secondary N) is 1. The molecule has 3 heterocycles. The lowest BCUT2D eigenvalue weighted by molar-refractivity contribution is -0.255. The fraction of sp³-hybridized carbons (Fsp3) is 0.848. The molecule has 12 nitrogen and oxygen atoms in total. The number of ether oxygens (including phenoxy) is 8. The van der Waals surface area contributed by atoms with Crippen LogP contribution in [0.25, 0.3) is 0 Å². The molecule has 1 aromatic heterocycles. The van der Waals surface area contributed by atoms with Gasteiger partial charge in [0, 0.05) is 61.3 Å². The van der Waals surface area contributed by atoms with Crippen molar-refractivity contribution in [3.63, 3.8) is 0 Å². The molecule has 0 bridgehead atoms. The van der Waals surface area contributed by atoms with Gasteiger partial charge in [0.1, 0.15) is 12.2 Å². The van der Waals surface area contributed by atoms with Crippen LogP contribution in [-0.4, -0.2) is 113 Å². The van der Waals surface area contributed by atoms with E-state index >= 15 is 4.79 Å². The first-order valence-corrected chi connectivity index (χ1v) is 23.2. The van der Waals surface area contributed by atoms with Crippen molar-refractivity contribution in [1.82, 2.24) is 10.3 Å². The van der Waals surface area contributed by atoms with Crippen LogP contribution in [0.2, 0.25) is 0 Å². The number of aromatic nitrogens is 1. The monoisotopic (exact) mass is 847 g/mol. The van der Waals surface area contributed by atoms with Crippen LogP contribution in [0.3, 0.4) is 0 Å². The van der Waals surface area contributed by atoms with E-state index in [1.165, 1.54) is 4.88 Å². The normalized spacial score (nSPS) is 36.2. The number of hydrogen-bond donors (Lipinski definition) is 1. The Bertz CT molecular complexity index is 1600. The molecule has 0 aromatic carbocycles. The zero-order valence-corrected chi connectivity index (χ0v) is 38.6. The summed E-state index contributed by atoms with van der Waals surface area (Å²) in [6.45, 7) is 17.1. The summed E-state index contributed by atoms with van der Waals surface area (Å²) < 4.78 is 49.8. The van der Waals surface area contributed by atoms with Crippen molar-refractivity contribution < 1.29 is 47.5 Å². The van der Waals surface area contributed by atoms with Gasteiger partial charge >= 0.3 is 5.97 Å². The second kappa shape index (κ2) is 20.1. The van der Waals surface area contributed by atoms with Gasteiger partial charge in [-0.1, -0.05) is 40.7 Å². The molecule has 2 saturated heterocycles. The molecule has 3 fully saturated rings. The number of likely N-dealkylation sites (N-methyl/N-ethyl adjacent to an activating group) is 1. The molecule has 59 heavy (non-hydrogen) atoms. The van der Waals surface area contributed by atoms with E-state index in [0.29, 0.717) is 13.0 Å². The van der Waals surface area contributed by atoms with E-state index < -0.39 is 18.3 Å². The molecule has 1 aromatic rings. The van der Waals surface area contributed by atoms with Gasteiger partial charge in [-0.15, -0.1) is 11.3 Å². The number of cyclic esters (lactones) is 1. The van der Waals surface area contributed by atoms with Crippen molar-refractivity contribution in [2.45, 2.75) is 192 Å². The van der Waals surface area contributed by atoms with Crippen LogP contribution in [0, 0.1) is 23.7 Å². The number of Topliss-reactive ketones (excluding diaryl/α,β-unsaturated/α-hetero) is 1. The summed E-state index contributed by atoms with van der Waals surface area (Å²) in [6.07, 6.45) is 5.99. The Hall–Kier alpha value is -1.81. The summed E-state index contributed by atoms with van der Waals surface area (Å²) in [4.78, 5) is 35.8. The molecule has 0 amide bonds. The van der Waals surface area contributed by atoms with Gasteiger partial charge < -0.3 is 43.2 Å². The van der Waals surface area contributed by atoms with E-state index in [1.54, 1.807) is 32.7 Å². The number of esters is 1. The summed E-state index contributed by atoms with van der Waals surface area (Å²) in [6, 6.07) is 0.268. The number of hydrogen-bond acceptors (Lipinski definition) is 13. The summed E-state index contributed by atoms with van der Waals surface area (Å²) >= 11 is 1.79. The Labute approximate surface area is 357 Å². The summed E-state index contributed by atoms with van der Waals surface area (Å²) in [5, 5.41) is 4.43. The molecule has 6 rings (SSSR count). The maximum Gasteiger partial charge on any atom is 0.306 e. The lowest BCUT2D eigenvalue weighted by Gasteiger charge is -2.38. The van der Waals surface area contributed by atoms with Crippen molar-refractivity contribution in [2.75, 3.05) is 35.0 Å². The van der Waals surface area contributed by atoms with Gasteiger partial charge in [-0.05, 0) is 96.6 Å². The highest BCUT2D eigenvalue weighted by Crippen LogP contribution is 2.63. The molecule has 16 atom stereocenters. The predicted octanol–water partition coefficient (Wildman–Crippen LogP) is 7.62. The van der Waals surface area contributed by atoms with Crippen molar-refractivity contribution in [3.8, 4) is 0 Å². The van der Waals surface area contributed by atoms with E-state index in [4.69, 9.17) is 42.9 Å². The average molecular weight is 847 g/mol. The molecule has 3 unspecified atom stereocenters. The minimum absolute atomic E-state index is 0.00177. The van der Waals surface area contributed by atoms with E-state index in [-0.39, 0.29) is 102 Å². The third kappa shape index (κ3) is 10.4. The Morgan fingerprint density at radius 3 is 2.41 bits per heavy atom. The second-order valence-electron chi connectivity index (χ2n) is 19.0. The molecule has 1 N–H and O–H groups in total. The SMILES string of the molecule is CC[C@H]1CCC[C@H](O[C@H]2CC[C@H](NC)C(C)O2)[C@@H](C)C(=O)C2=C[C@H]3[C@@H]4C[C@H](OC(OC(C)[C@@H](C)OC)[C@H](COC)OC)C[C@H]4c4sc(C(C)(C)C)nc4[C@H]3[C@@H]2CC(=O)O1. The molecular formula is C46H74N2O10S. The number of fused-ring (bicyclic) bond motifs is 8. The maximum atomic E-state index is 15.1. The molecule has 2 aliphatic heterocycles. The zero-order valence-electron chi connectivity index (χ0n) is 37.8. The zero-order chi connectivity index (χ0) is 42.8. The number of methoxy groups -OCH3 is 3. The lowest BCUT2D eigenvalue weighted by atomic mass is 9.67. The van der Waals surface area contributed by atoms with Crippen LogP contribution in [0.1, 0.15) is 141 Å². The molecule has 0 radical (unpaired) electrons. The Kier molecular flexibility index (Phi) is 15.9. The largest absolute Gasteiger partial charge is 0.462 e. The van der Waals surface area contributed by atoms with Crippen LogP contribution in [-0.2, 0) is 52.9 Å². The molecular weight excluding hydrogens is 773 g/mol. The van der Waals surface area contributed by atoms with Crippen LogP contribution >= 0.6 is 11.3 Å². The average Bonchev–Trinajstić information content (AvgIpc) is 3.93. The number of carbonyl (C=O) groups excluding carboxylic acids is 2. The minimum atomic E-state index is -0.683. The van der Waals surface area contributed by atoms with Crippen LogP contribution in [0.15, 0.2) is 11.6 Å². The Balaban J connectivity index is 1.36. The number of ketones is 1. The van der Waals surface area contributed by atoms with Gasteiger partial charge in [-0.25, -0.2) is 4.98 Å². The van der Waals surface area contributed by atoms with Crippen LogP contribution < -0.4 is 5.32 Å². The van der Waals surface area contributed by atoms with E-state index in [2.05, 4.69) is 46.0 Å². The van der Waals surface area contributed by atoms with Crippen molar-refractivity contribution in [1.29, 1.82) is 0 Å². The molecule has 0 spiro atoms. The highest BCUT2D eigenvalue weighted by molar-refractivity contribution is 7.12. The van der Waals surface area contributed by atoms with Crippen molar-refractivity contribution in [2.24, 2.45) is 23.7 Å². The second-order valence-corrected chi connectivity index (χ2v) is 20.0. The van der Waals surface area contributed by atoms with Crippen LogP contribution in [0.5, 0.6) is 0 Å². The third-order valence-electron chi connectivity index (χ3n) is 14.1. The molecule has 3 aliphatic carbocycles. The fourth-order valence-corrected chi connectivity index (χ4v) is 11.7. The van der Waals surface area contributed by atoms with E-state index in [9.17, 15) is 4.79 Å². The first-order chi connectivity index (χ1) is 28.1. The van der Waals surface area contributed by atoms with Crippen molar-refractivity contribution in [3.05, 3.63) is 27.2 Å².